The van der Waals surface area contributed by atoms with Crippen LogP contribution in [0.25, 0.3) is 11.0 Å². The molecule has 5 nitrogen and oxygen atoms in total. The Bertz CT molecular complexity index is 802. The van der Waals surface area contributed by atoms with Crippen molar-refractivity contribution in [2.75, 3.05) is 6.54 Å². The lowest BCUT2D eigenvalue weighted by Crippen LogP contribution is -2.22. The van der Waals surface area contributed by atoms with Crippen LogP contribution < -0.4 is 11.0 Å². The first-order valence-corrected chi connectivity index (χ1v) is 7.67. The number of fused-ring (bicyclic) bond motifs is 1. The van der Waals surface area contributed by atoms with Gasteiger partial charge in [-0.2, -0.15) is 0 Å². The number of halogens is 1. The average Bonchev–Trinajstić information content (AvgIpc) is 3.04. The summed E-state index contributed by atoms with van der Waals surface area (Å²) in [6.07, 6.45) is 1.03. The average molecular weight is 350 g/mol. The Labute approximate surface area is 129 Å². The summed E-state index contributed by atoms with van der Waals surface area (Å²) < 4.78 is 6.39. The second-order valence-electron chi connectivity index (χ2n) is 4.91. The van der Waals surface area contributed by atoms with E-state index in [1.807, 2.05) is 30.3 Å². The number of furan rings is 1. The minimum Gasteiger partial charge on any atom is -0.452 e. The summed E-state index contributed by atoms with van der Waals surface area (Å²) in [7, 11) is 0. The second kappa shape index (κ2) is 5.91. The predicted octanol–water partition coefficient (Wildman–Crippen LogP) is 3.30. The van der Waals surface area contributed by atoms with Crippen molar-refractivity contribution in [2.24, 2.45) is 0 Å². The second-order valence-corrected chi connectivity index (χ2v) is 5.69. The van der Waals surface area contributed by atoms with Gasteiger partial charge in [0, 0.05) is 0 Å². The monoisotopic (exact) mass is 349 g/mol. The first kappa shape index (κ1) is 14.2. The van der Waals surface area contributed by atoms with Crippen molar-refractivity contribution in [1.82, 2.24) is 15.3 Å². The number of nitrogens with one attached hydrogen (secondary N) is 3. The maximum Gasteiger partial charge on any atom is 0.323 e. The van der Waals surface area contributed by atoms with E-state index < -0.39 is 0 Å². The van der Waals surface area contributed by atoms with Crippen molar-refractivity contribution >= 4 is 27.0 Å². The van der Waals surface area contributed by atoms with Crippen molar-refractivity contribution in [2.45, 2.75) is 19.4 Å². The molecule has 3 aromatic rings. The molecule has 0 saturated heterocycles. The summed E-state index contributed by atoms with van der Waals surface area (Å²) in [5.41, 5.74) is 2.46. The number of benzene rings is 1. The minimum atomic E-state index is -0.194. The summed E-state index contributed by atoms with van der Waals surface area (Å²) in [5, 5.41) is 3.47. The third kappa shape index (κ3) is 2.96. The molecular formula is C15H16BrN3O2. The van der Waals surface area contributed by atoms with Crippen molar-refractivity contribution < 1.29 is 4.42 Å². The summed E-state index contributed by atoms with van der Waals surface area (Å²) in [4.78, 5) is 16.9. The standard InChI is InChI=1S/C15H16BrN3O2/c1-2-7-17-14(12-5-6-13(16)21-12)9-3-4-10-11(8-9)19-15(20)18-10/h3-6,8,14,17H,2,7H2,1H3,(H2,18,19,20). The third-order valence-corrected chi connectivity index (χ3v) is 3.78. The van der Waals surface area contributed by atoms with Crippen LogP contribution in [0, 0.1) is 0 Å². The summed E-state index contributed by atoms with van der Waals surface area (Å²) in [6.45, 7) is 3.00. The van der Waals surface area contributed by atoms with Gasteiger partial charge in [0.2, 0.25) is 0 Å². The highest BCUT2D eigenvalue weighted by atomic mass is 79.9. The Morgan fingerprint density at radius 2 is 2.05 bits per heavy atom. The normalized spacial score (nSPS) is 12.9. The molecule has 1 atom stereocenters. The van der Waals surface area contributed by atoms with Crippen LogP contribution in [0.5, 0.6) is 0 Å². The molecule has 110 valence electrons. The topological polar surface area (TPSA) is 73.8 Å². The maximum atomic E-state index is 11.4. The Morgan fingerprint density at radius 1 is 1.24 bits per heavy atom. The fourth-order valence-electron chi connectivity index (χ4n) is 2.38. The van der Waals surface area contributed by atoms with E-state index >= 15 is 0 Å². The molecule has 0 aliphatic carbocycles. The van der Waals surface area contributed by atoms with Crippen molar-refractivity contribution in [3.05, 3.63) is 56.8 Å². The van der Waals surface area contributed by atoms with Crippen molar-refractivity contribution in [3.8, 4) is 0 Å². The molecule has 2 heterocycles. The molecule has 3 N–H and O–H groups in total. The van der Waals surface area contributed by atoms with Gasteiger partial charge in [-0.25, -0.2) is 4.79 Å². The van der Waals surface area contributed by atoms with Crippen LogP contribution in [0.15, 0.2) is 44.2 Å². The first-order chi connectivity index (χ1) is 10.2. The van der Waals surface area contributed by atoms with Gasteiger partial charge in [0.1, 0.15) is 5.76 Å². The first-order valence-electron chi connectivity index (χ1n) is 6.88. The molecule has 0 fully saturated rings. The van der Waals surface area contributed by atoms with E-state index in [9.17, 15) is 4.79 Å². The maximum absolute atomic E-state index is 11.4. The smallest absolute Gasteiger partial charge is 0.323 e. The number of H-pyrrole nitrogens is 2. The summed E-state index contributed by atoms with van der Waals surface area (Å²) in [6, 6.07) is 9.65. The number of aromatic nitrogens is 2. The van der Waals surface area contributed by atoms with Gasteiger partial charge in [0.25, 0.3) is 0 Å². The van der Waals surface area contributed by atoms with Gasteiger partial charge in [-0.05, 0) is 58.7 Å². The van der Waals surface area contributed by atoms with Gasteiger partial charge in [-0.3, -0.25) is 0 Å². The fourth-order valence-corrected chi connectivity index (χ4v) is 2.70. The van der Waals surface area contributed by atoms with Gasteiger partial charge in [-0.1, -0.05) is 13.0 Å². The number of aromatic amines is 2. The van der Waals surface area contributed by atoms with E-state index in [0.29, 0.717) is 4.67 Å². The Balaban J connectivity index is 2.02. The highest BCUT2D eigenvalue weighted by Crippen LogP contribution is 2.27. The zero-order valence-corrected chi connectivity index (χ0v) is 13.2. The SMILES string of the molecule is CCCNC(c1ccc2[nH]c(=O)[nH]c2c1)c1ccc(Br)o1. The van der Waals surface area contributed by atoms with Crippen LogP contribution in [0.1, 0.15) is 30.7 Å². The van der Waals surface area contributed by atoms with Gasteiger partial charge in [-0.15, -0.1) is 0 Å². The molecule has 0 radical (unpaired) electrons. The van der Waals surface area contributed by atoms with Crippen LogP contribution in [0.2, 0.25) is 0 Å². The molecule has 0 aliphatic rings. The summed E-state index contributed by atoms with van der Waals surface area (Å²) >= 11 is 3.34. The lowest BCUT2D eigenvalue weighted by atomic mass is 10.0. The lowest BCUT2D eigenvalue weighted by molar-refractivity contribution is 0.433. The van der Waals surface area contributed by atoms with Gasteiger partial charge >= 0.3 is 5.69 Å². The molecule has 0 aliphatic heterocycles. The minimum absolute atomic E-state index is 0.0425. The largest absolute Gasteiger partial charge is 0.452 e. The number of imidazole rings is 1. The lowest BCUT2D eigenvalue weighted by Gasteiger charge is -2.16. The Morgan fingerprint density at radius 3 is 2.76 bits per heavy atom. The van der Waals surface area contributed by atoms with Gasteiger partial charge in [0.05, 0.1) is 17.1 Å². The molecule has 0 spiro atoms. The molecule has 3 rings (SSSR count). The fraction of sp³-hybridized carbons (Fsp3) is 0.267. The molecule has 0 amide bonds. The van der Waals surface area contributed by atoms with Crippen LogP contribution in [0.3, 0.4) is 0 Å². The molecule has 21 heavy (non-hydrogen) atoms. The number of hydrogen-bond donors (Lipinski definition) is 3. The molecule has 1 unspecified atom stereocenters. The van der Waals surface area contributed by atoms with Crippen molar-refractivity contribution in [1.29, 1.82) is 0 Å². The highest BCUT2D eigenvalue weighted by molar-refractivity contribution is 9.10. The van der Waals surface area contributed by atoms with E-state index in [1.54, 1.807) is 0 Å². The van der Waals surface area contributed by atoms with Gasteiger partial charge in [0.15, 0.2) is 4.67 Å². The van der Waals surface area contributed by atoms with Gasteiger partial charge < -0.3 is 19.7 Å². The Hall–Kier alpha value is -1.79. The van der Waals surface area contributed by atoms with Crippen LogP contribution in [0.4, 0.5) is 0 Å². The van der Waals surface area contributed by atoms with E-state index in [2.05, 4.69) is 38.1 Å². The van der Waals surface area contributed by atoms with Crippen LogP contribution in [-0.4, -0.2) is 16.5 Å². The third-order valence-electron chi connectivity index (χ3n) is 3.35. The molecule has 6 heteroatoms. The van der Waals surface area contributed by atoms with Crippen LogP contribution in [-0.2, 0) is 0 Å². The van der Waals surface area contributed by atoms with Crippen molar-refractivity contribution in [3.63, 3.8) is 0 Å². The summed E-state index contributed by atoms with van der Waals surface area (Å²) in [5.74, 6) is 0.840. The highest BCUT2D eigenvalue weighted by Gasteiger charge is 2.17. The zero-order chi connectivity index (χ0) is 14.8. The zero-order valence-electron chi connectivity index (χ0n) is 11.6. The predicted molar refractivity (Wildman–Crippen MR) is 85.5 cm³/mol. The molecule has 2 aromatic heterocycles. The van der Waals surface area contributed by atoms with E-state index in [1.165, 1.54) is 0 Å². The number of rotatable bonds is 5. The van der Waals surface area contributed by atoms with E-state index in [4.69, 9.17) is 4.42 Å². The molecule has 1 aromatic carbocycles. The quantitative estimate of drug-likeness (QED) is 0.661. The molecule has 0 saturated carbocycles. The molecular weight excluding hydrogens is 334 g/mol. The van der Waals surface area contributed by atoms with E-state index in [0.717, 1.165) is 35.3 Å². The van der Waals surface area contributed by atoms with E-state index in [-0.39, 0.29) is 11.7 Å². The molecule has 0 bridgehead atoms. The Kier molecular flexibility index (Phi) is 3.98. The van der Waals surface area contributed by atoms with Crippen LogP contribution >= 0.6 is 15.9 Å². The number of hydrogen-bond acceptors (Lipinski definition) is 3.